The molecular formula is C15H24BrN3. The number of halogens is 1. The Morgan fingerprint density at radius 3 is 2.68 bits per heavy atom. The third-order valence-electron chi connectivity index (χ3n) is 4.16. The fourth-order valence-corrected chi connectivity index (χ4v) is 3.19. The van der Waals surface area contributed by atoms with Gasteiger partial charge in [-0.1, -0.05) is 19.1 Å². The molecule has 1 saturated heterocycles. The number of rotatable bonds is 4. The van der Waals surface area contributed by atoms with Gasteiger partial charge in [-0.15, -0.1) is 0 Å². The van der Waals surface area contributed by atoms with Crippen molar-refractivity contribution in [2.24, 2.45) is 0 Å². The zero-order valence-electron chi connectivity index (χ0n) is 11.9. The highest BCUT2D eigenvalue weighted by molar-refractivity contribution is 9.10. The van der Waals surface area contributed by atoms with Gasteiger partial charge in [-0.2, -0.15) is 0 Å². The van der Waals surface area contributed by atoms with Gasteiger partial charge in [0.05, 0.1) is 0 Å². The van der Waals surface area contributed by atoms with E-state index in [4.69, 9.17) is 5.73 Å². The lowest BCUT2D eigenvalue weighted by atomic mass is 10.0. The van der Waals surface area contributed by atoms with Crippen molar-refractivity contribution in [2.45, 2.75) is 32.4 Å². The minimum absolute atomic E-state index is 0.691. The average Bonchev–Trinajstić information content (AvgIpc) is 2.44. The van der Waals surface area contributed by atoms with E-state index in [1.807, 2.05) is 12.1 Å². The lowest BCUT2D eigenvalue weighted by Crippen LogP contribution is -2.42. The second kappa shape index (κ2) is 6.73. The molecule has 1 aliphatic heterocycles. The van der Waals surface area contributed by atoms with Crippen LogP contribution in [0.2, 0.25) is 0 Å². The first kappa shape index (κ1) is 14.8. The summed E-state index contributed by atoms with van der Waals surface area (Å²) in [4.78, 5) is 4.99. The highest BCUT2D eigenvalue weighted by Gasteiger charge is 2.22. The van der Waals surface area contributed by atoms with Crippen LogP contribution in [0.5, 0.6) is 0 Å². The third-order valence-corrected chi connectivity index (χ3v) is 5.12. The van der Waals surface area contributed by atoms with Gasteiger partial charge < -0.3 is 10.6 Å². The van der Waals surface area contributed by atoms with Gasteiger partial charge in [-0.25, -0.2) is 0 Å². The summed E-state index contributed by atoms with van der Waals surface area (Å²) in [6, 6.07) is 6.81. The molecule has 0 spiro atoms. The molecule has 0 aromatic heterocycles. The molecule has 106 valence electrons. The fourth-order valence-electron chi connectivity index (χ4n) is 2.80. The smallest absolute Gasteiger partial charge is 0.0461 e. The number of hydrogen-bond donors (Lipinski definition) is 1. The number of anilines is 1. The lowest BCUT2D eigenvalue weighted by Gasteiger charge is -2.36. The molecule has 0 aliphatic carbocycles. The summed E-state index contributed by atoms with van der Waals surface area (Å²) in [6.07, 6.45) is 2.54. The quantitative estimate of drug-likeness (QED) is 0.864. The first-order valence-electron chi connectivity index (χ1n) is 7.07. The number of hydrogen-bond acceptors (Lipinski definition) is 3. The summed E-state index contributed by atoms with van der Waals surface area (Å²) in [5.74, 6) is 0. The molecule has 0 bridgehead atoms. The topological polar surface area (TPSA) is 32.5 Å². The van der Waals surface area contributed by atoms with E-state index in [-0.39, 0.29) is 0 Å². The van der Waals surface area contributed by atoms with Crippen molar-refractivity contribution in [1.29, 1.82) is 0 Å². The van der Waals surface area contributed by atoms with Crippen LogP contribution in [0.1, 0.15) is 25.3 Å². The zero-order valence-corrected chi connectivity index (χ0v) is 13.5. The molecule has 0 radical (unpaired) electrons. The second-order valence-electron chi connectivity index (χ2n) is 5.40. The van der Waals surface area contributed by atoms with Crippen LogP contribution in [0.4, 0.5) is 5.69 Å². The Bertz CT molecular complexity index is 414. The van der Waals surface area contributed by atoms with Crippen molar-refractivity contribution in [3.8, 4) is 0 Å². The number of nitrogens with two attached hydrogens (primary N) is 1. The summed E-state index contributed by atoms with van der Waals surface area (Å²) < 4.78 is 1.05. The van der Waals surface area contributed by atoms with E-state index in [0.717, 1.165) is 16.7 Å². The number of likely N-dealkylation sites (tertiary alicyclic amines) is 1. The zero-order chi connectivity index (χ0) is 13.8. The molecule has 1 heterocycles. The number of nitrogens with zero attached hydrogens (tertiary/aromatic N) is 2. The summed E-state index contributed by atoms with van der Waals surface area (Å²) in [5.41, 5.74) is 8.04. The van der Waals surface area contributed by atoms with Crippen LogP contribution >= 0.6 is 15.9 Å². The maximum absolute atomic E-state index is 5.94. The maximum atomic E-state index is 5.94. The van der Waals surface area contributed by atoms with Crippen molar-refractivity contribution in [3.05, 3.63) is 28.2 Å². The second-order valence-corrected chi connectivity index (χ2v) is 6.19. The van der Waals surface area contributed by atoms with Crippen molar-refractivity contribution >= 4 is 21.6 Å². The molecule has 19 heavy (non-hydrogen) atoms. The summed E-state index contributed by atoms with van der Waals surface area (Å²) in [7, 11) is 2.22. The Morgan fingerprint density at radius 2 is 2.05 bits per heavy atom. The van der Waals surface area contributed by atoms with E-state index in [0.29, 0.717) is 6.04 Å². The molecule has 0 saturated carbocycles. The highest BCUT2D eigenvalue weighted by Crippen LogP contribution is 2.26. The van der Waals surface area contributed by atoms with E-state index in [1.165, 1.54) is 38.0 Å². The van der Waals surface area contributed by atoms with Crippen LogP contribution in [-0.2, 0) is 6.54 Å². The van der Waals surface area contributed by atoms with Gasteiger partial charge >= 0.3 is 0 Å². The van der Waals surface area contributed by atoms with Gasteiger partial charge in [0.25, 0.3) is 0 Å². The molecule has 2 N–H and O–H groups in total. The summed E-state index contributed by atoms with van der Waals surface area (Å²) in [6.45, 7) is 6.83. The van der Waals surface area contributed by atoms with Crippen LogP contribution in [-0.4, -0.2) is 42.5 Å². The molecule has 0 unspecified atom stereocenters. The van der Waals surface area contributed by atoms with Gasteiger partial charge in [0.2, 0.25) is 0 Å². The van der Waals surface area contributed by atoms with Crippen LogP contribution in [0.3, 0.4) is 0 Å². The Labute approximate surface area is 124 Å². The van der Waals surface area contributed by atoms with E-state index in [9.17, 15) is 0 Å². The fraction of sp³-hybridized carbons (Fsp3) is 0.600. The van der Waals surface area contributed by atoms with Crippen molar-refractivity contribution in [2.75, 3.05) is 32.4 Å². The van der Waals surface area contributed by atoms with E-state index >= 15 is 0 Å². The molecule has 4 heteroatoms. The standard InChI is InChI=1S/C15H24BrN3/c1-3-19-9-7-13(8-10-19)18(2)11-12-5-4-6-14(17)15(12)16/h4-6,13H,3,7-11,17H2,1-2H3. The lowest BCUT2D eigenvalue weighted by molar-refractivity contribution is 0.127. The molecule has 1 aromatic rings. The average molecular weight is 326 g/mol. The van der Waals surface area contributed by atoms with Crippen LogP contribution in [0, 0.1) is 0 Å². The number of benzene rings is 1. The summed E-state index contributed by atoms with van der Waals surface area (Å²) >= 11 is 3.59. The molecular weight excluding hydrogens is 302 g/mol. The van der Waals surface area contributed by atoms with E-state index in [1.54, 1.807) is 0 Å². The maximum Gasteiger partial charge on any atom is 0.0461 e. The van der Waals surface area contributed by atoms with Crippen molar-refractivity contribution < 1.29 is 0 Å². The SMILES string of the molecule is CCN1CCC(N(C)Cc2cccc(N)c2Br)CC1. The molecule has 0 atom stereocenters. The largest absolute Gasteiger partial charge is 0.398 e. The minimum atomic E-state index is 0.691. The predicted molar refractivity (Wildman–Crippen MR) is 85.2 cm³/mol. The van der Waals surface area contributed by atoms with Crippen LogP contribution < -0.4 is 5.73 Å². The van der Waals surface area contributed by atoms with Crippen LogP contribution in [0.25, 0.3) is 0 Å². The Morgan fingerprint density at radius 1 is 1.37 bits per heavy atom. The molecule has 3 nitrogen and oxygen atoms in total. The minimum Gasteiger partial charge on any atom is -0.398 e. The first-order valence-corrected chi connectivity index (χ1v) is 7.86. The van der Waals surface area contributed by atoms with Gasteiger partial charge in [-0.05, 0) is 67.1 Å². The molecule has 0 amide bonds. The van der Waals surface area contributed by atoms with E-state index in [2.05, 4.69) is 45.8 Å². The Hall–Kier alpha value is -0.580. The summed E-state index contributed by atoms with van der Waals surface area (Å²) in [5, 5.41) is 0. The molecule has 1 aliphatic rings. The molecule has 1 fully saturated rings. The molecule has 1 aromatic carbocycles. The number of piperidine rings is 1. The van der Waals surface area contributed by atoms with Gasteiger partial charge in [0.1, 0.15) is 0 Å². The van der Waals surface area contributed by atoms with E-state index < -0.39 is 0 Å². The Kier molecular flexibility index (Phi) is 5.25. The predicted octanol–water partition coefficient (Wildman–Crippen LogP) is 2.95. The van der Waals surface area contributed by atoms with Crippen molar-refractivity contribution in [1.82, 2.24) is 9.80 Å². The van der Waals surface area contributed by atoms with Crippen molar-refractivity contribution in [3.63, 3.8) is 0 Å². The van der Waals surface area contributed by atoms with Gasteiger partial charge in [-0.3, -0.25) is 4.90 Å². The normalized spacial score (nSPS) is 18.1. The van der Waals surface area contributed by atoms with Gasteiger partial charge in [0, 0.05) is 22.7 Å². The highest BCUT2D eigenvalue weighted by atomic mass is 79.9. The molecule has 2 rings (SSSR count). The van der Waals surface area contributed by atoms with Gasteiger partial charge in [0.15, 0.2) is 0 Å². The first-order chi connectivity index (χ1) is 9.11. The van der Waals surface area contributed by atoms with Crippen LogP contribution in [0.15, 0.2) is 22.7 Å². The monoisotopic (exact) mass is 325 g/mol. The third kappa shape index (κ3) is 3.71. The number of nitrogen functional groups attached to an aromatic ring is 1. The Balaban J connectivity index is 1.94.